The zero-order valence-electron chi connectivity index (χ0n) is 6.95. The summed E-state index contributed by atoms with van der Waals surface area (Å²) in [5, 5.41) is 10.0. The summed E-state index contributed by atoms with van der Waals surface area (Å²) in [6.07, 6.45) is 1.63. The predicted octanol–water partition coefficient (Wildman–Crippen LogP) is 1.50. The zero-order valence-corrected chi connectivity index (χ0v) is 8.52. The molecule has 0 aromatic carbocycles. The Morgan fingerprint density at radius 1 is 1.77 bits per heavy atom. The Balaban J connectivity index is 2.63. The van der Waals surface area contributed by atoms with Crippen LogP contribution in [0.2, 0.25) is 4.47 Å². The number of carbonyl (C=O) groups excluding carboxylic acids is 1. The Kier molecular flexibility index (Phi) is 3.39. The number of hydrogen-bond donors (Lipinski definition) is 1. The van der Waals surface area contributed by atoms with E-state index in [2.05, 4.69) is 22.1 Å². The minimum absolute atomic E-state index is 0.0878. The summed E-state index contributed by atoms with van der Waals surface area (Å²) in [5.74, 6) is -0.281. The predicted molar refractivity (Wildman–Crippen MR) is 52.0 cm³/mol. The van der Waals surface area contributed by atoms with Crippen LogP contribution in [-0.4, -0.2) is 22.1 Å². The Morgan fingerprint density at radius 2 is 2.46 bits per heavy atom. The molecule has 0 saturated carbocycles. The highest BCUT2D eigenvalue weighted by Gasteiger charge is 2.12. The van der Waals surface area contributed by atoms with Gasteiger partial charge in [0.1, 0.15) is 0 Å². The Labute approximate surface area is 84.6 Å². The van der Waals surface area contributed by atoms with Crippen molar-refractivity contribution in [2.75, 3.05) is 0 Å². The van der Waals surface area contributed by atoms with E-state index in [9.17, 15) is 4.79 Å². The van der Waals surface area contributed by atoms with Crippen molar-refractivity contribution >= 4 is 28.8 Å². The first kappa shape index (κ1) is 10.1. The van der Waals surface area contributed by atoms with Gasteiger partial charge in [-0.2, -0.15) is 0 Å². The summed E-state index contributed by atoms with van der Waals surface area (Å²) in [5.41, 5.74) is 0. The van der Waals surface area contributed by atoms with Crippen LogP contribution in [0.1, 0.15) is 16.7 Å². The van der Waals surface area contributed by atoms with Gasteiger partial charge in [-0.1, -0.05) is 17.4 Å². The maximum atomic E-state index is 11.3. The van der Waals surface area contributed by atoms with Gasteiger partial charge in [-0.25, -0.2) is 0 Å². The largest absolute Gasteiger partial charge is 0.344 e. The second-order valence-corrected chi connectivity index (χ2v) is 3.92. The fourth-order valence-corrected chi connectivity index (χ4v) is 1.36. The number of hydrogen-bond acceptors (Lipinski definition) is 4. The Hall–Kier alpha value is -0.940. The maximum Gasteiger partial charge on any atom is 0.282 e. The lowest BCUT2D eigenvalue weighted by atomic mass is 10.3. The van der Waals surface area contributed by atoms with Crippen LogP contribution in [0.25, 0.3) is 0 Å². The summed E-state index contributed by atoms with van der Waals surface area (Å²) in [7, 11) is 0. The third kappa shape index (κ3) is 2.78. The van der Waals surface area contributed by atoms with Gasteiger partial charge in [0, 0.05) is 6.04 Å². The van der Waals surface area contributed by atoms with Crippen LogP contribution < -0.4 is 5.32 Å². The average Bonchev–Trinajstić information content (AvgIpc) is 2.51. The number of rotatable bonds is 3. The van der Waals surface area contributed by atoms with E-state index in [0.717, 1.165) is 11.3 Å². The van der Waals surface area contributed by atoms with E-state index >= 15 is 0 Å². The van der Waals surface area contributed by atoms with E-state index in [-0.39, 0.29) is 21.4 Å². The molecule has 0 saturated heterocycles. The molecule has 0 radical (unpaired) electrons. The molecule has 0 spiro atoms. The van der Waals surface area contributed by atoms with Crippen molar-refractivity contribution in [2.24, 2.45) is 0 Å². The molecule has 1 atom stereocenters. The third-order valence-electron chi connectivity index (χ3n) is 1.31. The van der Waals surface area contributed by atoms with Gasteiger partial charge in [-0.05, 0) is 18.5 Å². The summed E-state index contributed by atoms with van der Waals surface area (Å²) < 4.78 is 0.261. The van der Waals surface area contributed by atoms with Gasteiger partial charge in [-0.15, -0.1) is 16.8 Å². The first-order valence-electron chi connectivity index (χ1n) is 3.56. The van der Waals surface area contributed by atoms with Crippen LogP contribution in [0.5, 0.6) is 0 Å². The van der Waals surface area contributed by atoms with Gasteiger partial charge >= 0.3 is 0 Å². The van der Waals surface area contributed by atoms with Crippen molar-refractivity contribution < 1.29 is 4.79 Å². The Bertz CT molecular complexity index is 325. The number of nitrogens with one attached hydrogen (secondary N) is 1. The van der Waals surface area contributed by atoms with E-state index in [0.29, 0.717) is 0 Å². The second kappa shape index (κ2) is 4.34. The summed E-state index contributed by atoms with van der Waals surface area (Å²) in [6.45, 7) is 5.35. The molecule has 0 aliphatic rings. The molecule has 1 heterocycles. The lowest BCUT2D eigenvalue weighted by molar-refractivity contribution is 0.0946. The summed E-state index contributed by atoms with van der Waals surface area (Å²) >= 11 is 6.56. The molecule has 0 bridgehead atoms. The van der Waals surface area contributed by atoms with Crippen LogP contribution in [0.3, 0.4) is 0 Å². The number of halogens is 1. The van der Waals surface area contributed by atoms with Crippen molar-refractivity contribution in [3.63, 3.8) is 0 Å². The van der Waals surface area contributed by atoms with Crippen molar-refractivity contribution in [1.29, 1.82) is 0 Å². The molecular formula is C7H8ClN3OS. The molecule has 1 unspecified atom stereocenters. The maximum absolute atomic E-state index is 11.3. The molecular weight excluding hydrogens is 210 g/mol. The van der Waals surface area contributed by atoms with Crippen molar-refractivity contribution in [3.8, 4) is 0 Å². The van der Waals surface area contributed by atoms with E-state index < -0.39 is 0 Å². The second-order valence-electron chi connectivity index (χ2n) is 2.36. The molecule has 4 nitrogen and oxygen atoms in total. The fourth-order valence-electron chi connectivity index (χ4n) is 0.625. The van der Waals surface area contributed by atoms with Gasteiger partial charge in [0.2, 0.25) is 9.47 Å². The van der Waals surface area contributed by atoms with E-state index in [1.54, 1.807) is 6.08 Å². The van der Waals surface area contributed by atoms with Gasteiger partial charge < -0.3 is 5.32 Å². The molecule has 1 rings (SSSR count). The SMILES string of the molecule is C=CC(C)NC(=O)c1nnc(Cl)s1. The van der Waals surface area contributed by atoms with E-state index in [1.165, 1.54) is 0 Å². The topological polar surface area (TPSA) is 54.9 Å². The molecule has 1 N–H and O–H groups in total. The van der Waals surface area contributed by atoms with Crippen molar-refractivity contribution in [2.45, 2.75) is 13.0 Å². The first-order chi connectivity index (χ1) is 6.13. The minimum atomic E-state index is -0.281. The van der Waals surface area contributed by atoms with E-state index in [4.69, 9.17) is 11.6 Å². The van der Waals surface area contributed by atoms with Crippen LogP contribution in [-0.2, 0) is 0 Å². The number of amides is 1. The highest BCUT2D eigenvalue weighted by molar-refractivity contribution is 7.17. The third-order valence-corrected chi connectivity index (χ3v) is 2.32. The highest BCUT2D eigenvalue weighted by Crippen LogP contribution is 2.14. The van der Waals surface area contributed by atoms with Crippen LogP contribution in [0.15, 0.2) is 12.7 Å². The molecule has 70 valence electrons. The number of carbonyl (C=O) groups is 1. The van der Waals surface area contributed by atoms with Crippen LogP contribution in [0.4, 0.5) is 0 Å². The lowest BCUT2D eigenvalue weighted by Gasteiger charge is -2.05. The van der Waals surface area contributed by atoms with Gasteiger partial charge in [0.05, 0.1) is 0 Å². The molecule has 13 heavy (non-hydrogen) atoms. The molecule has 1 amide bonds. The fraction of sp³-hybridized carbons (Fsp3) is 0.286. The van der Waals surface area contributed by atoms with Crippen molar-refractivity contribution in [1.82, 2.24) is 15.5 Å². The molecule has 6 heteroatoms. The molecule has 1 aromatic rings. The smallest absolute Gasteiger partial charge is 0.282 e. The Morgan fingerprint density at radius 3 is 2.92 bits per heavy atom. The van der Waals surface area contributed by atoms with E-state index in [1.807, 2.05) is 6.92 Å². The van der Waals surface area contributed by atoms with Crippen LogP contribution in [0, 0.1) is 0 Å². The quantitative estimate of drug-likeness (QED) is 0.781. The molecule has 0 fully saturated rings. The molecule has 0 aliphatic carbocycles. The normalized spacial score (nSPS) is 12.2. The monoisotopic (exact) mass is 217 g/mol. The van der Waals surface area contributed by atoms with Crippen molar-refractivity contribution in [3.05, 3.63) is 22.1 Å². The molecule has 0 aliphatic heterocycles. The lowest BCUT2D eigenvalue weighted by Crippen LogP contribution is -2.30. The van der Waals surface area contributed by atoms with Gasteiger partial charge in [0.15, 0.2) is 0 Å². The number of aromatic nitrogens is 2. The minimum Gasteiger partial charge on any atom is -0.344 e. The standard InChI is InChI=1S/C7H8ClN3OS/c1-3-4(2)9-5(12)6-10-11-7(8)13-6/h3-4H,1H2,2H3,(H,9,12). The number of nitrogens with zero attached hydrogens (tertiary/aromatic N) is 2. The molecule has 1 aromatic heterocycles. The zero-order chi connectivity index (χ0) is 9.84. The van der Waals surface area contributed by atoms with Gasteiger partial charge in [0.25, 0.3) is 5.91 Å². The first-order valence-corrected chi connectivity index (χ1v) is 4.75. The summed E-state index contributed by atoms with van der Waals surface area (Å²) in [4.78, 5) is 11.3. The van der Waals surface area contributed by atoms with Crippen LogP contribution >= 0.6 is 22.9 Å². The van der Waals surface area contributed by atoms with Gasteiger partial charge in [-0.3, -0.25) is 4.79 Å². The summed E-state index contributed by atoms with van der Waals surface area (Å²) in [6, 6.07) is -0.0878. The highest BCUT2D eigenvalue weighted by atomic mass is 35.5. The average molecular weight is 218 g/mol.